The number of aliphatic hydroxyl groups excluding tert-OH is 1. The zero-order valence-corrected chi connectivity index (χ0v) is 14.0. The fourth-order valence-corrected chi connectivity index (χ4v) is 2.50. The topological polar surface area (TPSA) is 67.2 Å². The first kappa shape index (κ1) is 17.2. The smallest absolute Gasteiger partial charge is 0.254 e. The van der Waals surface area contributed by atoms with Gasteiger partial charge in [0.05, 0.1) is 23.1 Å². The lowest BCUT2D eigenvalue weighted by Crippen LogP contribution is -2.34. The van der Waals surface area contributed by atoms with Crippen molar-refractivity contribution in [3.05, 3.63) is 47.8 Å². The van der Waals surface area contributed by atoms with Crippen molar-refractivity contribution >= 4 is 5.91 Å². The predicted molar refractivity (Wildman–Crippen MR) is 90.8 cm³/mol. The van der Waals surface area contributed by atoms with Crippen LogP contribution in [0.25, 0.3) is 5.69 Å². The molecule has 0 spiro atoms. The SMILES string of the molecule is CCc1c(C(=O)NCC(C)(C)CCO)cnn1-c1ccccc1. The molecule has 2 aromatic rings. The number of amides is 1. The molecule has 0 unspecified atom stereocenters. The number of nitrogens with zero attached hydrogens (tertiary/aromatic N) is 2. The second-order valence-corrected chi connectivity index (χ2v) is 6.43. The van der Waals surface area contributed by atoms with Crippen molar-refractivity contribution in [2.24, 2.45) is 5.41 Å². The molecule has 0 atom stereocenters. The zero-order valence-electron chi connectivity index (χ0n) is 14.0. The molecule has 0 bridgehead atoms. The largest absolute Gasteiger partial charge is 0.396 e. The van der Waals surface area contributed by atoms with Crippen LogP contribution in [0.15, 0.2) is 36.5 Å². The van der Waals surface area contributed by atoms with Gasteiger partial charge in [-0.3, -0.25) is 4.79 Å². The van der Waals surface area contributed by atoms with Crippen molar-refractivity contribution in [2.45, 2.75) is 33.6 Å². The maximum atomic E-state index is 12.5. The highest BCUT2D eigenvalue weighted by molar-refractivity contribution is 5.95. The normalized spacial score (nSPS) is 11.5. The van der Waals surface area contributed by atoms with E-state index in [9.17, 15) is 4.79 Å². The lowest BCUT2D eigenvalue weighted by atomic mass is 9.89. The van der Waals surface area contributed by atoms with Crippen LogP contribution in [0.5, 0.6) is 0 Å². The average molecular weight is 315 g/mol. The molecule has 0 aliphatic carbocycles. The van der Waals surface area contributed by atoms with Gasteiger partial charge in [0.25, 0.3) is 5.91 Å². The lowest BCUT2D eigenvalue weighted by Gasteiger charge is -2.23. The van der Waals surface area contributed by atoms with E-state index in [1.54, 1.807) is 6.20 Å². The highest BCUT2D eigenvalue weighted by Crippen LogP contribution is 2.19. The van der Waals surface area contributed by atoms with E-state index < -0.39 is 0 Å². The summed E-state index contributed by atoms with van der Waals surface area (Å²) in [7, 11) is 0. The summed E-state index contributed by atoms with van der Waals surface area (Å²) in [6.07, 6.45) is 3.00. The fraction of sp³-hybridized carbons (Fsp3) is 0.444. The van der Waals surface area contributed by atoms with E-state index in [-0.39, 0.29) is 17.9 Å². The summed E-state index contributed by atoms with van der Waals surface area (Å²) >= 11 is 0. The minimum absolute atomic E-state index is 0.116. The number of hydrogen-bond donors (Lipinski definition) is 2. The van der Waals surface area contributed by atoms with Crippen LogP contribution in [0.1, 0.15) is 43.2 Å². The van der Waals surface area contributed by atoms with E-state index in [1.807, 2.05) is 55.8 Å². The highest BCUT2D eigenvalue weighted by atomic mass is 16.3. The maximum absolute atomic E-state index is 12.5. The van der Waals surface area contributed by atoms with Crippen LogP contribution in [-0.2, 0) is 6.42 Å². The number of carbonyl (C=O) groups excluding carboxylic acids is 1. The quantitative estimate of drug-likeness (QED) is 0.825. The van der Waals surface area contributed by atoms with Crippen LogP contribution in [-0.4, -0.2) is 33.9 Å². The summed E-state index contributed by atoms with van der Waals surface area (Å²) in [5.74, 6) is -0.116. The fourth-order valence-electron chi connectivity index (χ4n) is 2.50. The van der Waals surface area contributed by atoms with Crippen LogP contribution in [0.3, 0.4) is 0 Å². The third kappa shape index (κ3) is 4.20. The molecule has 5 nitrogen and oxygen atoms in total. The van der Waals surface area contributed by atoms with Crippen molar-refractivity contribution in [3.8, 4) is 5.69 Å². The summed E-state index contributed by atoms with van der Waals surface area (Å²) in [5, 5.41) is 16.4. The van der Waals surface area contributed by atoms with Gasteiger partial charge in [0.1, 0.15) is 0 Å². The summed E-state index contributed by atoms with van der Waals surface area (Å²) in [6, 6.07) is 9.80. The molecule has 0 radical (unpaired) electrons. The Morgan fingerprint density at radius 3 is 2.61 bits per heavy atom. The number of para-hydroxylation sites is 1. The Bertz CT molecular complexity index is 648. The average Bonchev–Trinajstić information content (AvgIpc) is 2.97. The number of nitrogens with one attached hydrogen (secondary N) is 1. The van der Waals surface area contributed by atoms with Crippen LogP contribution in [0.2, 0.25) is 0 Å². The van der Waals surface area contributed by atoms with Gasteiger partial charge in [-0.2, -0.15) is 5.10 Å². The third-order valence-corrected chi connectivity index (χ3v) is 3.97. The molecule has 0 saturated heterocycles. The molecule has 0 saturated carbocycles. The molecule has 1 heterocycles. The van der Waals surface area contributed by atoms with E-state index >= 15 is 0 Å². The summed E-state index contributed by atoms with van der Waals surface area (Å²) < 4.78 is 1.81. The first-order valence-corrected chi connectivity index (χ1v) is 8.00. The minimum Gasteiger partial charge on any atom is -0.396 e. The van der Waals surface area contributed by atoms with Gasteiger partial charge < -0.3 is 10.4 Å². The number of hydrogen-bond acceptors (Lipinski definition) is 3. The van der Waals surface area contributed by atoms with Gasteiger partial charge in [0.2, 0.25) is 0 Å². The first-order valence-electron chi connectivity index (χ1n) is 8.00. The van der Waals surface area contributed by atoms with E-state index in [0.717, 1.165) is 17.8 Å². The molecule has 0 aliphatic rings. The van der Waals surface area contributed by atoms with Crippen molar-refractivity contribution in [1.29, 1.82) is 0 Å². The van der Waals surface area contributed by atoms with Crippen molar-refractivity contribution in [2.75, 3.05) is 13.2 Å². The van der Waals surface area contributed by atoms with Crippen LogP contribution < -0.4 is 5.32 Å². The lowest BCUT2D eigenvalue weighted by molar-refractivity contribution is 0.0927. The second-order valence-electron chi connectivity index (χ2n) is 6.43. The van der Waals surface area contributed by atoms with Crippen LogP contribution in [0.4, 0.5) is 0 Å². The Labute approximate surface area is 137 Å². The van der Waals surface area contributed by atoms with E-state index in [4.69, 9.17) is 5.11 Å². The Kier molecular flexibility index (Phi) is 5.55. The highest BCUT2D eigenvalue weighted by Gasteiger charge is 2.21. The van der Waals surface area contributed by atoms with E-state index in [1.165, 1.54) is 0 Å². The van der Waals surface area contributed by atoms with Crippen molar-refractivity contribution < 1.29 is 9.90 Å². The Morgan fingerprint density at radius 1 is 1.30 bits per heavy atom. The maximum Gasteiger partial charge on any atom is 0.254 e. The van der Waals surface area contributed by atoms with Gasteiger partial charge in [-0.25, -0.2) is 4.68 Å². The van der Waals surface area contributed by atoms with Gasteiger partial charge in [-0.1, -0.05) is 39.0 Å². The van der Waals surface area contributed by atoms with Crippen molar-refractivity contribution in [3.63, 3.8) is 0 Å². The molecule has 124 valence electrons. The predicted octanol–water partition coefficient (Wildman–Crippen LogP) is 2.57. The molecular weight excluding hydrogens is 290 g/mol. The molecule has 2 N–H and O–H groups in total. The van der Waals surface area contributed by atoms with Gasteiger partial charge in [0, 0.05) is 13.2 Å². The second kappa shape index (κ2) is 7.42. The molecule has 0 aliphatic heterocycles. The molecule has 23 heavy (non-hydrogen) atoms. The van der Waals surface area contributed by atoms with Crippen LogP contribution >= 0.6 is 0 Å². The monoisotopic (exact) mass is 315 g/mol. The van der Waals surface area contributed by atoms with Crippen LogP contribution in [0, 0.1) is 5.41 Å². The Balaban J connectivity index is 2.17. The molecule has 5 heteroatoms. The Hall–Kier alpha value is -2.14. The summed E-state index contributed by atoms with van der Waals surface area (Å²) in [5.41, 5.74) is 2.32. The molecule has 2 rings (SSSR count). The molecule has 1 amide bonds. The number of rotatable bonds is 7. The number of carbonyl (C=O) groups is 1. The summed E-state index contributed by atoms with van der Waals surface area (Å²) in [4.78, 5) is 12.5. The van der Waals surface area contributed by atoms with E-state index in [2.05, 4.69) is 10.4 Å². The molecular formula is C18H25N3O2. The summed E-state index contributed by atoms with van der Waals surface area (Å²) in [6.45, 7) is 6.71. The van der Waals surface area contributed by atoms with E-state index in [0.29, 0.717) is 18.5 Å². The third-order valence-electron chi connectivity index (χ3n) is 3.97. The zero-order chi connectivity index (χ0) is 16.9. The van der Waals surface area contributed by atoms with Gasteiger partial charge >= 0.3 is 0 Å². The molecule has 1 aromatic carbocycles. The first-order chi connectivity index (χ1) is 11.0. The minimum atomic E-state index is -0.133. The number of aliphatic hydroxyl groups is 1. The Morgan fingerprint density at radius 2 is 2.00 bits per heavy atom. The number of aromatic nitrogens is 2. The van der Waals surface area contributed by atoms with Gasteiger partial charge in [-0.15, -0.1) is 0 Å². The van der Waals surface area contributed by atoms with Crippen molar-refractivity contribution in [1.82, 2.24) is 15.1 Å². The van der Waals surface area contributed by atoms with Gasteiger partial charge in [0.15, 0.2) is 0 Å². The molecule has 0 fully saturated rings. The number of benzene rings is 1. The van der Waals surface area contributed by atoms with Gasteiger partial charge in [-0.05, 0) is 30.4 Å². The molecule has 1 aromatic heterocycles. The standard InChI is InChI=1S/C18H25N3O2/c1-4-16-15(17(23)19-13-18(2,3)10-11-22)12-20-21(16)14-8-6-5-7-9-14/h5-9,12,22H,4,10-11,13H2,1-3H3,(H,19,23).